The average Bonchev–Trinajstić information content (AvgIpc) is 3.47. The van der Waals surface area contributed by atoms with Gasteiger partial charge in [-0.15, -0.1) is 0 Å². The third-order valence-electron chi connectivity index (χ3n) is 8.78. The van der Waals surface area contributed by atoms with Crippen LogP contribution in [0.1, 0.15) is 77.2 Å². The summed E-state index contributed by atoms with van der Waals surface area (Å²) in [6.07, 6.45) is 20.0. The number of hydrogen-bond acceptors (Lipinski definition) is 2. The quantitative estimate of drug-likeness (QED) is 0.185. The van der Waals surface area contributed by atoms with Crippen LogP contribution in [0, 0.1) is 10.8 Å². The van der Waals surface area contributed by atoms with Gasteiger partial charge in [-0.3, -0.25) is 0 Å². The second kappa shape index (κ2) is 12.1. The SMILES string of the molecule is CC[n+]1c(C=C2C=C(C=CC=C3C=C(Cc4sc5ccccc5[n+]4CC)CC(C)(C)C3)CC(C)(C)C2)sc2ccccc21. The Kier molecular flexibility index (Phi) is 8.45. The molecule has 2 aromatic heterocycles. The minimum Gasteiger partial charge on any atom is -0.186 e. The van der Waals surface area contributed by atoms with Crippen LogP contribution >= 0.6 is 22.7 Å². The first-order chi connectivity index (χ1) is 20.6. The molecule has 2 nitrogen and oxygen atoms in total. The summed E-state index contributed by atoms with van der Waals surface area (Å²) in [5.74, 6) is 0. The first-order valence-corrected chi connectivity index (χ1v) is 17.6. The maximum atomic E-state index is 2.51. The van der Waals surface area contributed by atoms with Crippen molar-refractivity contribution in [3.8, 4) is 0 Å². The Bertz CT molecular complexity index is 1820. The minimum absolute atomic E-state index is 0.250. The van der Waals surface area contributed by atoms with Crippen LogP contribution in [0.25, 0.3) is 26.5 Å². The third-order valence-corrected chi connectivity index (χ3v) is 11.1. The molecule has 0 saturated carbocycles. The van der Waals surface area contributed by atoms with Crippen LogP contribution in [0.15, 0.2) is 101 Å². The van der Waals surface area contributed by atoms with Crippen molar-refractivity contribution in [3.05, 3.63) is 111 Å². The monoisotopic (exact) mass is 606 g/mol. The van der Waals surface area contributed by atoms with Gasteiger partial charge in [0.15, 0.2) is 0 Å². The van der Waals surface area contributed by atoms with E-state index in [1.807, 2.05) is 22.7 Å². The van der Waals surface area contributed by atoms with Gasteiger partial charge in [0.25, 0.3) is 5.01 Å². The summed E-state index contributed by atoms with van der Waals surface area (Å²) in [6.45, 7) is 16.2. The normalized spacial score (nSPS) is 20.4. The minimum atomic E-state index is 0.250. The van der Waals surface area contributed by atoms with E-state index in [2.05, 4.69) is 136 Å². The summed E-state index contributed by atoms with van der Waals surface area (Å²) in [6, 6.07) is 17.6. The topological polar surface area (TPSA) is 7.76 Å². The zero-order valence-electron chi connectivity index (χ0n) is 26.7. The Morgan fingerprint density at radius 2 is 1.35 bits per heavy atom. The van der Waals surface area contributed by atoms with Crippen LogP contribution in [0.4, 0.5) is 0 Å². The van der Waals surface area contributed by atoms with Gasteiger partial charge in [0.1, 0.15) is 22.5 Å². The second-order valence-corrected chi connectivity index (χ2v) is 16.1. The summed E-state index contributed by atoms with van der Waals surface area (Å²) in [5.41, 5.74) is 9.11. The van der Waals surface area contributed by atoms with E-state index in [0.29, 0.717) is 0 Å². The lowest BCUT2D eigenvalue weighted by atomic mass is 9.74. The number of allylic oxidation sites excluding steroid dienone is 9. The number of para-hydroxylation sites is 2. The van der Waals surface area contributed by atoms with Crippen LogP contribution in [-0.4, -0.2) is 0 Å². The highest BCUT2D eigenvalue weighted by molar-refractivity contribution is 7.19. The molecule has 0 saturated heterocycles. The summed E-state index contributed by atoms with van der Waals surface area (Å²) < 4.78 is 7.72. The molecule has 0 unspecified atom stereocenters. The molecule has 4 heteroatoms. The van der Waals surface area contributed by atoms with E-state index >= 15 is 0 Å². The molecule has 0 atom stereocenters. The van der Waals surface area contributed by atoms with E-state index in [4.69, 9.17) is 0 Å². The van der Waals surface area contributed by atoms with Crippen LogP contribution < -0.4 is 9.13 Å². The van der Waals surface area contributed by atoms with Crippen molar-refractivity contribution in [2.75, 3.05) is 0 Å². The van der Waals surface area contributed by atoms with Crippen molar-refractivity contribution >= 4 is 49.2 Å². The molecule has 0 aliphatic heterocycles. The second-order valence-electron chi connectivity index (χ2n) is 13.9. The number of aromatic nitrogens is 2. The first kappa shape index (κ1) is 30.0. The Morgan fingerprint density at radius 1 is 0.721 bits per heavy atom. The van der Waals surface area contributed by atoms with Gasteiger partial charge in [0.2, 0.25) is 16.0 Å². The van der Waals surface area contributed by atoms with Crippen molar-refractivity contribution in [2.24, 2.45) is 10.8 Å². The number of fused-ring (bicyclic) bond motifs is 2. The number of rotatable bonds is 7. The lowest BCUT2D eigenvalue weighted by Gasteiger charge is -2.31. The van der Waals surface area contributed by atoms with Crippen molar-refractivity contribution < 1.29 is 9.13 Å². The number of aryl methyl sites for hydroxylation is 2. The molecule has 0 radical (unpaired) electrons. The van der Waals surface area contributed by atoms with Crippen LogP contribution in [0.5, 0.6) is 0 Å². The van der Waals surface area contributed by atoms with E-state index < -0.39 is 0 Å². The molecule has 6 rings (SSSR count). The Hall–Kier alpha value is -3.08. The van der Waals surface area contributed by atoms with E-state index in [0.717, 1.165) is 45.2 Å². The van der Waals surface area contributed by atoms with Gasteiger partial charge >= 0.3 is 0 Å². The molecule has 0 N–H and O–H groups in total. The standard InChI is InChI=1S/C39H46N2S2/c1-7-40-32-16-9-11-18-34(32)42-36(40)22-30-20-28(24-38(3,4)26-30)14-13-15-29-21-31(27-39(5,6)25-29)23-37-41(8-2)33-17-10-12-19-35(33)43-37/h9-22H,7-8,23-27H2,1-6H3/q+2. The first-order valence-electron chi connectivity index (χ1n) is 15.9. The summed E-state index contributed by atoms with van der Waals surface area (Å²) in [4.78, 5) is 0. The van der Waals surface area contributed by atoms with E-state index in [1.54, 1.807) is 5.57 Å². The van der Waals surface area contributed by atoms with Crippen LogP contribution in [0.3, 0.4) is 0 Å². The number of hydrogen-bond donors (Lipinski definition) is 0. The number of benzene rings is 2. The summed E-state index contributed by atoms with van der Waals surface area (Å²) in [5, 5.41) is 2.82. The van der Waals surface area contributed by atoms with E-state index in [1.165, 1.54) is 47.2 Å². The molecule has 2 aliphatic carbocycles. The maximum Gasteiger partial charge on any atom is 0.263 e. The van der Waals surface area contributed by atoms with Crippen LogP contribution in [-0.2, 0) is 19.5 Å². The lowest BCUT2D eigenvalue weighted by molar-refractivity contribution is -0.670. The highest BCUT2D eigenvalue weighted by Gasteiger charge is 2.29. The molecule has 2 aromatic carbocycles. The van der Waals surface area contributed by atoms with Gasteiger partial charge in [-0.2, -0.15) is 9.13 Å². The predicted molar refractivity (Wildman–Crippen MR) is 186 cm³/mol. The van der Waals surface area contributed by atoms with Gasteiger partial charge in [-0.05, 0) is 79.2 Å². The van der Waals surface area contributed by atoms with Gasteiger partial charge in [0, 0.05) is 18.2 Å². The van der Waals surface area contributed by atoms with Gasteiger partial charge < -0.3 is 0 Å². The average molecular weight is 607 g/mol. The molecule has 222 valence electrons. The molecule has 0 spiro atoms. The van der Waals surface area contributed by atoms with Gasteiger partial charge in [0.05, 0.1) is 6.42 Å². The molecule has 2 heterocycles. The zero-order valence-corrected chi connectivity index (χ0v) is 28.4. The molecular formula is C39H46N2S2+2. The molecule has 4 aromatic rings. The lowest BCUT2D eigenvalue weighted by Crippen LogP contribution is -2.35. The molecule has 0 bridgehead atoms. The number of thiazole rings is 2. The fourth-order valence-electron chi connectivity index (χ4n) is 7.22. The molecule has 0 fully saturated rings. The molecule has 0 amide bonds. The van der Waals surface area contributed by atoms with Crippen molar-refractivity contribution in [1.29, 1.82) is 0 Å². The largest absolute Gasteiger partial charge is 0.263 e. The molecular weight excluding hydrogens is 561 g/mol. The third kappa shape index (κ3) is 6.71. The fourth-order valence-corrected chi connectivity index (χ4v) is 9.70. The fraction of sp³-hybridized carbons (Fsp3) is 0.385. The highest BCUT2D eigenvalue weighted by Crippen LogP contribution is 2.41. The Labute approximate surface area is 266 Å². The van der Waals surface area contributed by atoms with Crippen molar-refractivity contribution in [2.45, 2.75) is 86.7 Å². The van der Waals surface area contributed by atoms with Crippen molar-refractivity contribution in [3.63, 3.8) is 0 Å². The molecule has 2 aliphatic rings. The summed E-state index contributed by atoms with van der Waals surface area (Å²) >= 11 is 3.87. The van der Waals surface area contributed by atoms with Crippen molar-refractivity contribution in [1.82, 2.24) is 0 Å². The Balaban J connectivity index is 1.26. The number of nitrogens with zero attached hydrogens (tertiary/aromatic N) is 2. The Morgan fingerprint density at radius 3 is 2.07 bits per heavy atom. The predicted octanol–water partition coefficient (Wildman–Crippen LogP) is 10.3. The molecule has 43 heavy (non-hydrogen) atoms. The summed E-state index contributed by atoms with van der Waals surface area (Å²) in [7, 11) is 0. The van der Waals surface area contributed by atoms with E-state index in [-0.39, 0.29) is 10.8 Å². The van der Waals surface area contributed by atoms with Crippen LogP contribution in [0.2, 0.25) is 0 Å². The van der Waals surface area contributed by atoms with Gasteiger partial charge in [-0.25, -0.2) is 0 Å². The smallest absolute Gasteiger partial charge is 0.186 e. The van der Waals surface area contributed by atoms with E-state index in [9.17, 15) is 0 Å². The zero-order chi connectivity index (χ0) is 30.2. The van der Waals surface area contributed by atoms with Gasteiger partial charge in [-0.1, -0.05) is 111 Å². The highest BCUT2D eigenvalue weighted by atomic mass is 32.1. The maximum absolute atomic E-state index is 2.51.